The summed E-state index contributed by atoms with van der Waals surface area (Å²) in [5.41, 5.74) is 7.90. The molecule has 0 spiro atoms. The lowest BCUT2D eigenvalue weighted by Gasteiger charge is -2.22. The van der Waals surface area contributed by atoms with Gasteiger partial charge >= 0.3 is 6.36 Å². The number of hydrogen-bond acceptors (Lipinski definition) is 7. The molecule has 1 aliphatic heterocycles. The second kappa shape index (κ2) is 13.6. The molecule has 2 heterocycles. The molecule has 45 heavy (non-hydrogen) atoms. The Morgan fingerprint density at radius 3 is 2.67 bits per heavy atom. The number of thiocarbonyl (C=S) groups is 1. The van der Waals surface area contributed by atoms with Crippen molar-refractivity contribution < 1.29 is 22.7 Å². The number of carbonyl (C=O) groups excluding carboxylic acids is 1. The second-order valence-corrected chi connectivity index (χ2v) is 11.6. The Kier molecular flexibility index (Phi) is 9.63. The highest BCUT2D eigenvalue weighted by Crippen LogP contribution is 2.34. The van der Waals surface area contributed by atoms with Crippen molar-refractivity contribution in [3.63, 3.8) is 0 Å². The van der Waals surface area contributed by atoms with Crippen LogP contribution in [0.5, 0.6) is 5.75 Å². The maximum atomic E-state index is 12.8. The summed E-state index contributed by atoms with van der Waals surface area (Å²) in [4.78, 5) is 23.3. The first kappa shape index (κ1) is 31.9. The summed E-state index contributed by atoms with van der Waals surface area (Å²) in [6, 6.07) is 19.0. The maximum absolute atomic E-state index is 12.8. The van der Waals surface area contributed by atoms with Gasteiger partial charge in [0.25, 0.3) is 0 Å². The first-order valence-corrected chi connectivity index (χ1v) is 15.2. The van der Waals surface area contributed by atoms with Crippen LogP contribution in [-0.2, 0) is 11.2 Å². The highest BCUT2D eigenvalue weighted by atomic mass is 32.2. The van der Waals surface area contributed by atoms with Crippen molar-refractivity contribution in [3.8, 4) is 22.8 Å². The molecule has 1 fully saturated rings. The number of halogens is 3. The van der Waals surface area contributed by atoms with E-state index < -0.39 is 6.36 Å². The molecule has 5 rings (SSSR count). The molecule has 0 atom stereocenters. The van der Waals surface area contributed by atoms with Crippen LogP contribution in [0.15, 0.2) is 83.2 Å². The number of amides is 1. The SMILES string of the molecule is Cc1ccc(C(C)C)c(N2C(=O)CS/C2=N\C(=S)N/N=C/Cc2cccc(-c3ncn(-c4ccc(OC(F)(F)F)cc4)n3)c2)c1. The van der Waals surface area contributed by atoms with E-state index in [2.05, 4.69) is 44.2 Å². The number of thioether (sulfide) groups is 1. The Balaban J connectivity index is 1.21. The van der Waals surface area contributed by atoms with Gasteiger partial charge in [0.1, 0.15) is 12.1 Å². The molecular weight excluding hydrogens is 624 g/mol. The van der Waals surface area contributed by atoms with Crippen LogP contribution in [0.3, 0.4) is 0 Å². The zero-order valence-corrected chi connectivity index (χ0v) is 26.1. The Morgan fingerprint density at radius 2 is 1.93 bits per heavy atom. The number of rotatable bonds is 8. The summed E-state index contributed by atoms with van der Waals surface area (Å²) in [5, 5.41) is 9.30. The van der Waals surface area contributed by atoms with Crippen LogP contribution in [0.25, 0.3) is 17.1 Å². The average molecular weight is 652 g/mol. The number of nitrogens with zero attached hydrogens (tertiary/aromatic N) is 6. The first-order chi connectivity index (χ1) is 21.5. The molecule has 3 aromatic carbocycles. The summed E-state index contributed by atoms with van der Waals surface area (Å²) in [6.07, 6.45) is -1.15. The molecule has 1 amide bonds. The van der Waals surface area contributed by atoms with Crippen molar-refractivity contribution in [2.45, 2.75) is 39.5 Å². The number of amidine groups is 1. The minimum atomic E-state index is -4.76. The number of aromatic nitrogens is 3. The van der Waals surface area contributed by atoms with Crippen LogP contribution in [0.2, 0.25) is 0 Å². The number of hydrogen-bond donors (Lipinski definition) is 1. The molecule has 1 aliphatic rings. The standard InChI is InChI=1S/C31H28F3N7O2S2/c1-19(2)25-12-7-20(3)15-26(25)41-27(42)17-45-30(41)37-29(44)38-36-14-13-21-5-4-6-22(16-21)28-35-18-40(39-28)23-8-10-24(11-9-23)43-31(32,33)34/h4-12,14-16,18-19H,13,17H2,1-3H3,(H,38,44)/b36-14+,37-30-. The molecule has 0 unspecified atom stereocenters. The fourth-order valence-electron chi connectivity index (χ4n) is 4.54. The number of aliphatic imine (C=N–C) groups is 1. The fraction of sp³-hybridized carbons (Fsp3) is 0.226. The highest BCUT2D eigenvalue weighted by Gasteiger charge is 2.32. The predicted molar refractivity (Wildman–Crippen MR) is 174 cm³/mol. The zero-order valence-electron chi connectivity index (χ0n) is 24.4. The number of anilines is 1. The molecule has 1 aromatic heterocycles. The summed E-state index contributed by atoms with van der Waals surface area (Å²) >= 11 is 6.72. The lowest BCUT2D eigenvalue weighted by molar-refractivity contribution is -0.274. The Labute approximate surface area is 267 Å². The Hall–Kier alpha value is -4.56. The van der Waals surface area contributed by atoms with E-state index in [0.717, 1.165) is 27.9 Å². The van der Waals surface area contributed by atoms with Crippen LogP contribution in [0.4, 0.5) is 18.9 Å². The van der Waals surface area contributed by atoms with Gasteiger partial charge in [-0.3, -0.25) is 15.1 Å². The summed E-state index contributed by atoms with van der Waals surface area (Å²) in [5.74, 6) is 0.582. The molecule has 4 aromatic rings. The summed E-state index contributed by atoms with van der Waals surface area (Å²) in [6.45, 7) is 6.16. The van der Waals surface area contributed by atoms with Crippen LogP contribution in [-0.4, -0.2) is 49.3 Å². The molecule has 1 N–H and O–H groups in total. The number of benzene rings is 3. The van der Waals surface area contributed by atoms with Gasteiger partial charge in [-0.25, -0.2) is 9.67 Å². The van der Waals surface area contributed by atoms with Gasteiger partial charge in [-0.2, -0.15) is 10.1 Å². The number of alkyl halides is 3. The number of ether oxygens (including phenoxy) is 1. The molecular formula is C31H28F3N7O2S2. The largest absolute Gasteiger partial charge is 0.573 e. The van der Waals surface area contributed by atoms with Crippen LogP contribution in [0, 0.1) is 6.92 Å². The van der Waals surface area contributed by atoms with Crippen LogP contribution >= 0.6 is 24.0 Å². The third-order valence-electron chi connectivity index (χ3n) is 6.60. The van der Waals surface area contributed by atoms with E-state index in [1.54, 1.807) is 11.1 Å². The smallest absolute Gasteiger partial charge is 0.406 e. The van der Waals surface area contributed by atoms with Gasteiger partial charge in [0.15, 0.2) is 11.0 Å². The zero-order chi connectivity index (χ0) is 32.1. The van der Waals surface area contributed by atoms with E-state index in [4.69, 9.17) is 12.2 Å². The molecule has 0 bridgehead atoms. The van der Waals surface area contributed by atoms with Crippen molar-refractivity contribution in [2.75, 3.05) is 10.7 Å². The van der Waals surface area contributed by atoms with E-state index in [1.807, 2.05) is 49.4 Å². The van der Waals surface area contributed by atoms with E-state index in [0.29, 0.717) is 23.1 Å². The number of carbonyl (C=O) groups is 1. The molecule has 0 aliphatic carbocycles. The van der Waals surface area contributed by atoms with E-state index in [1.165, 1.54) is 47.0 Å². The quantitative estimate of drug-likeness (QED) is 0.127. The van der Waals surface area contributed by atoms with Crippen LogP contribution < -0.4 is 15.1 Å². The third-order valence-corrected chi connectivity index (χ3v) is 7.71. The van der Waals surface area contributed by atoms with Crippen molar-refractivity contribution in [1.29, 1.82) is 0 Å². The lowest BCUT2D eigenvalue weighted by atomic mass is 9.99. The third kappa shape index (κ3) is 8.13. The summed E-state index contributed by atoms with van der Waals surface area (Å²) in [7, 11) is 0. The molecule has 1 saturated heterocycles. The van der Waals surface area contributed by atoms with Gasteiger partial charge < -0.3 is 4.74 Å². The van der Waals surface area contributed by atoms with E-state index >= 15 is 0 Å². The van der Waals surface area contributed by atoms with Gasteiger partial charge in [0.05, 0.1) is 17.1 Å². The second-order valence-electron chi connectivity index (χ2n) is 10.3. The van der Waals surface area contributed by atoms with Crippen molar-refractivity contribution in [2.24, 2.45) is 10.1 Å². The number of aryl methyl sites for hydroxylation is 1. The van der Waals surface area contributed by atoms with Crippen molar-refractivity contribution >= 4 is 52.1 Å². The van der Waals surface area contributed by atoms with Gasteiger partial charge in [-0.05, 0) is 78.1 Å². The van der Waals surface area contributed by atoms with Crippen LogP contribution in [0.1, 0.15) is 36.5 Å². The van der Waals surface area contributed by atoms with E-state index in [-0.39, 0.29) is 28.4 Å². The number of nitrogens with one attached hydrogen (secondary N) is 1. The minimum absolute atomic E-state index is 0.0507. The molecule has 0 radical (unpaired) electrons. The lowest BCUT2D eigenvalue weighted by Crippen LogP contribution is -2.31. The molecule has 232 valence electrons. The first-order valence-electron chi connectivity index (χ1n) is 13.8. The molecule has 14 heteroatoms. The number of hydrazone groups is 1. The highest BCUT2D eigenvalue weighted by molar-refractivity contribution is 8.15. The van der Waals surface area contributed by atoms with Crippen molar-refractivity contribution in [3.05, 3.63) is 89.7 Å². The summed E-state index contributed by atoms with van der Waals surface area (Å²) < 4.78 is 42.7. The van der Waals surface area contributed by atoms with E-state index in [9.17, 15) is 18.0 Å². The Morgan fingerprint density at radius 1 is 1.16 bits per heavy atom. The molecule has 9 nitrogen and oxygen atoms in total. The minimum Gasteiger partial charge on any atom is -0.406 e. The average Bonchev–Trinajstić information content (AvgIpc) is 3.62. The Bertz CT molecular complexity index is 1770. The predicted octanol–water partition coefficient (Wildman–Crippen LogP) is 6.80. The topological polar surface area (TPSA) is 97.0 Å². The van der Waals surface area contributed by atoms with Crippen molar-refractivity contribution in [1.82, 2.24) is 20.2 Å². The van der Waals surface area contributed by atoms with Gasteiger partial charge in [-0.15, -0.1) is 18.3 Å². The van der Waals surface area contributed by atoms with Gasteiger partial charge in [0.2, 0.25) is 11.0 Å². The fourth-order valence-corrected chi connectivity index (χ4v) is 5.60. The van der Waals surface area contributed by atoms with Gasteiger partial charge in [-0.1, -0.05) is 55.9 Å². The van der Waals surface area contributed by atoms with Gasteiger partial charge in [0, 0.05) is 18.2 Å². The molecule has 0 saturated carbocycles. The normalized spacial score (nSPS) is 14.6. The monoisotopic (exact) mass is 651 g/mol. The maximum Gasteiger partial charge on any atom is 0.573 e.